The van der Waals surface area contributed by atoms with Crippen LogP contribution in [0.25, 0.3) is 11.0 Å². The van der Waals surface area contributed by atoms with Crippen LogP contribution < -0.4 is 5.69 Å². The molecule has 0 saturated carbocycles. The van der Waals surface area contributed by atoms with E-state index in [0.29, 0.717) is 30.3 Å². The van der Waals surface area contributed by atoms with Gasteiger partial charge >= 0.3 is 11.8 Å². The van der Waals surface area contributed by atoms with Crippen molar-refractivity contribution in [3.63, 3.8) is 0 Å². The monoisotopic (exact) mass is 576 g/mol. The van der Waals surface area contributed by atoms with Crippen molar-refractivity contribution in [2.75, 3.05) is 19.3 Å². The third-order valence-corrected chi connectivity index (χ3v) is 8.90. The molecule has 1 N–H and O–H groups in total. The van der Waals surface area contributed by atoms with Gasteiger partial charge in [0.25, 0.3) is 0 Å². The number of fused-ring (bicyclic) bond motifs is 1. The molecule has 10 heteroatoms. The Morgan fingerprint density at radius 3 is 2.02 bits per heavy atom. The number of imidazole rings is 1. The Hall–Kier alpha value is -3.89. The highest BCUT2D eigenvalue weighted by atomic mass is 32.2. The van der Waals surface area contributed by atoms with Gasteiger partial charge in [-0.1, -0.05) is 72.8 Å². The lowest BCUT2D eigenvalue weighted by molar-refractivity contribution is 0.0853. The van der Waals surface area contributed by atoms with E-state index in [2.05, 4.69) is 29.2 Å². The van der Waals surface area contributed by atoms with Gasteiger partial charge < -0.3 is 10.0 Å². The summed E-state index contributed by atoms with van der Waals surface area (Å²) in [6, 6.07) is 26.9. The van der Waals surface area contributed by atoms with E-state index in [1.54, 1.807) is 28.8 Å². The average Bonchev–Trinajstić information content (AvgIpc) is 3.26. The van der Waals surface area contributed by atoms with Crippen LogP contribution in [0.1, 0.15) is 42.9 Å². The fraction of sp³-hybridized carbons (Fsp3) is 0.355. The zero-order valence-corrected chi connectivity index (χ0v) is 24.0. The molecule has 1 unspecified atom stereocenters. The summed E-state index contributed by atoms with van der Waals surface area (Å²) in [5.74, 6) is 0. The second kappa shape index (κ2) is 12.3. The average molecular weight is 577 g/mol. The molecule has 1 amide bonds. The van der Waals surface area contributed by atoms with Gasteiger partial charge in [0.1, 0.15) is 0 Å². The van der Waals surface area contributed by atoms with Gasteiger partial charge in [0.15, 0.2) is 0 Å². The molecule has 1 saturated heterocycles. The van der Waals surface area contributed by atoms with Gasteiger partial charge in [-0.25, -0.2) is 18.0 Å². The molecule has 1 aromatic heterocycles. The maximum absolute atomic E-state index is 13.4. The van der Waals surface area contributed by atoms with Crippen LogP contribution in [0, 0.1) is 0 Å². The molecule has 9 nitrogen and oxygen atoms in total. The number of para-hydroxylation sites is 2. The SMILES string of the molecule is CS(=O)(=O)n1c(=O)n(C2CCN(C(=O)O)[C@@H](CCCN(Cc3ccccc3)Cc3ccccc3)C2)c2ccccc21. The van der Waals surface area contributed by atoms with Gasteiger partial charge in [-0.05, 0) is 55.5 Å². The highest BCUT2D eigenvalue weighted by molar-refractivity contribution is 7.89. The number of benzene rings is 3. The third-order valence-electron chi connectivity index (χ3n) is 7.88. The normalized spacial score (nSPS) is 17.8. The minimum atomic E-state index is -3.82. The molecule has 0 bridgehead atoms. The summed E-state index contributed by atoms with van der Waals surface area (Å²) in [5.41, 5.74) is 2.73. The van der Waals surface area contributed by atoms with Crippen molar-refractivity contribution in [3.8, 4) is 0 Å². The maximum atomic E-state index is 13.4. The van der Waals surface area contributed by atoms with Crippen molar-refractivity contribution in [3.05, 3.63) is 107 Å². The van der Waals surface area contributed by atoms with Gasteiger partial charge in [-0.15, -0.1) is 0 Å². The Labute approximate surface area is 240 Å². The number of hydrogen-bond acceptors (Lipinski definition) is 5. The summed E-state index contributed by atoms with van der Waals surface area (Å²) in [6.07, 6.45) is 2.36. The van der Waals surface area contributed by atoms with Gasteiger partial charge in [-0.3, -0.25) is 9.47 Å². The Morgan fingerprint density at radius 1 is 0.902 bits per heavy atom. The van der Waals surface area contributed by atoms with E-state index in [0.717, 1.165) is 36.3 Å². The predicted molar refractivity (Wildman–Crippen MR) is 159 cm³/mol. The molecule has 41 heavy (non-hydrogen) atoms. The smallest absolute Gasteiger partial charge is 0.407 e. The Bertz CT molecular complexity index is 1610. The van der Waals surface area contributed by atoms with Crippen molar-refractivity contribution < 1.29 is 18.3 Å². The summed E-state index contributed by atoms with van der Waals surface area (Å²) in [7, 11) is -3.82. The first kappa shape index (κ1) is 28.6. The first-order valence-electron chi connectivity index (χ1n) is 13.9. The van der Waals surface area contributed by atoms with E-state index in [9.17, 15) is 23.1 Å². The fourth-order valence-electron chi connectivity index (χ4n) is 6.05. The quantitative estimate of drug-likeness (QED) is 0.292. The van der Waals surface area contributed by atoms with Gasteiger partial charge in [0.05, 0.1) is 17.3 Å². The second-order valence-corrected chi connectivity index (χ2v) is 12.6. The molecule has 0 aliphatic carbocycles. The van der Waals surface area contributed by atoms with Crippen LogP contribution in [-0.4, -0.2) is 63.3 Å². The lowest BCUT2D eigenvalue weighted by Gasteiger charge is -2.38. The molecule has 2 heterocycles. The molecular formula is C31H36N4O5S. The number of rotatable bonds is 10. The van der Waals surface area contributed by atoms with Crippen molar-refractivity contribution in [1.82, 2.24) is 18.3 Å². The van der Waals surface area contributed by atoms with E-state index >= 15 is 0 Å². The zero-order chi connectivity index (χ0) is 29.0. The van der Waals surface area contributed by atoms with E-state index in [4.69, 9.17) is 0 Å². The standard InChI is InChI=1S/C31H36N4O5S/c1-41(39,40)35-29-17-9-8-16-28(29)34(30(35)36)27-18-20-33(31(37)38)26(21-27)15-10-19-32(22-24-11-4-2-5-12-24)23-25-13-6-3-7-14-25/h2-9,11-14,16-17,26-27H,10,15,18-23H2,1H3,(H,37,38)/t26-,27?/m0/s1. The van der Waals surface area contributed by atoms with Crippen molar-refractivity contribution in [2.45, 2.75) is 50.9 Å². The van der Waals surface area contributed by atoms with Crippen molar-refractivity contribution in [2.24, 2.45) is 0 Å². The van der Waals surface area contributed by atoms with E-state index in [1.807, 2.05) is 36.4 Å². The Balaban J connectivity index is 1.35. The van der Waals surface area contributed by atoms with Crippen LogP contribution in [0.15, 0.2) is 89.7 Å². The molecule has 0 radical (unpaired) electrons. The zero-order valence-electron chi connectivity index (χ0n) is 23.2. The lowest BCUT2D eigenvalue weighted by atomic mass is 9.93. The number of amides is 1. The molecule has 3 aromatic carbocycles. The van der Waals surface area contributed by atoms with Crippen LogP contribution in [0.3, 0.4) is 0 Å². The molecule has 2 atom stereocenters. The topological polar surface area (TPSA) is 105 Å². The third kappa shape index (κ3) is 6.55. The summed E-state index contributed by atoms with van der Waals surface area (Å²) < 4.78 is 27.4. The Kier molecular flexibility index (Phi) is 8.60. The van der Waals surface area contributed by atoms with E-state index < -0.39 is 21.8 Å². The molecule has 4 aromatic rings. The summed E-state index contributed by atoms with van der Waals surface area (Å²) >= 11 is 0. The molecule has 216 valence electrons. The minimum Gasteiger partial charge on any atom is -0.465 e. The van der Waals surface area contributed by atoms with Crippen LogP contribution in [0.5, 0.6) is 0 Å². The lowest BCUT2D eigenvalue weighted by Crippen LogP contribution is -2.47. The van der Waals surface area contributed by atoms with Crippen LogP contribution in [-0.2, 0) is 23.1 Å². The molecule has 1 aliphatic heterocycles. The fourth-order valence-corrected chi connectivity index (χ4v) is 6.94. The summed E-state index contributed by atoms with van der Waals surface area (Å²) in [4.78, 5) is 29.4. The minimum absolute atomic E-state index is 0.284. The van der Waals surface area contributed by atoms with Crippen LogP contribution in [0.2, 0.25) is 0 Å². The number of piperidine rings is 1. The molecule has 1 aliphatic rings. The molecular weight excluding hydrogens is 540 g/mol. The van der Waals surface area contributed by atoms with E-state index in [1.165, 1.54) is 16.0 Å². The Morgan fingerprint density at radius 2 is 1.46 bits per heavy atom. The maximum Gasteiger partial charge on any atom is 0.407 e. The highest BCUT2D eigenvalue weighted by Crippen LogP contribution is 2.31. The van der Waals surface area contributed by atoms with Crippen molar-refractivity contribution in [1.29, 1.82) is 0 Å². The molecule has 1 fully saturated rings. The molecule has 0 spiro atoms. The van der Waals surface area contributed by atoms with Crippen LogP contribution in [0.4, 0.5) is 4.79 Å². The number of carbonyl (C=O) groups is 1. The number of carboxylic acid groups (broad SMARTS) is 1. The number of likely N-dealkylation sites (tertiary alicyclic amines) is 1. The highest BCUT2D eigenvalue weighted by Gasteiger charge is 2.34. The van der Waals surface area contributed by atoms with Gasteiger partial charge in [-0.2, -0.15) is 3.97 Å². The summed E-state index contributed by atoms with van der Waals surface area (Å²) in [5, 5.41) is 9.96. The molecule has 5 rings (SSSR count). The first-order valence-corrected chi connectivity index (χ1v) is 15.8. The van der Waals surface area contributed by atoms with Gasteiger partial charge in [0.2, 0.25) is 10.0 Å². The largest absolute Gasteiger partial charge is 0.465 e. The number of nitrogens with zero attached hydrogens (tertiary/aromatic N) is 4. The number of hydrogen-bond donors (Lipinski definition) is 1. The van der Waals surface area contributed by atoms with Crippen molar-refractivity contribution >= 4 is 27.1 Å². The van der Waals surface area contributed by atoms with E-state index in [-0.39, 0.29) is 18.6 Å². The van der Waals surface area contributed by atoms with Gasteiger partial charge in [0, 0.05) is 31.7 Å². The second-order valence-electron chi connectivity index (χ2n) is 10.8. The first-order chi connectivity index (χ1) is 19.7. The van der Waals surface area contributed by atoms with Crippen LogP contribution >= 0.6 is 0 Å². The summed E-state index contributed by atoms with van der Waals surface area (Å²) in [6.45, 7) is 2.64. The number of aromatic nitrogens is 2. The predicted octanol–water partition coefficient (Wildman–Crippen LogP) is 4.78.